The third kappa shape index (κ3) is 2.33. The molecule has 98 valence electrons. The van der Waals surface area contributed by atoms with Crippen molar-refractivity contribution in [3.05, 3.63) is 29.3 Å². The van der Waals surface area contributed by atoms with Crippen LogP contribution in [0.5, 0.6) is 0 Å². The quantitative estimate of drug-likeness (QED) is 0.867. The second-order valence-electron chi connectivity index (χ2n) is 4.79. The van der Waals surface area contributed by atoms with Crippen LogP contribution in [-0.2, 0) is 20.2 Å². The Hall–Kier alpha value is -1.56. The van der Waals surface area contributed by atoms with Gasteiger partial charge in [0.05, 0.1) is 17.4 Å². The number of benzene rings is 1. The van der Waals surface area contributed by atoms with Gasteiger partial charge in [-0.15, -0.1) is 0 Å². The average Bonchev–Trinajstić information content (AvgIpc) is 3.00. The number of aliphatic carboxylic acids is 1. The molecule has 1 aromatic carbocycles. The monoisotopic (exact) mass is 269 g/mol. The van der Waals surface area contributed by atoms with Crippen LogP contribution in [0.25, 0.3) is 0 Å². The molecule has 6 heteroatoms. The number of nitrogens with one attached hydrogen (secondary N) is 1. The Kier molecular flexibility index (Phi) is 2.85. The Labute approximate surface area is 106 Å². The molecule has 1 aliphatic rings. The van der Waals surface area contributed by atoms with Crippen LogP contribution < -0.4 is 4.72 Å². The van der Waals surface area contributed by atoms with Crippen LogP contribution >= 0.6 is 0 Å². The van der Waals surface area contributed by atoms with Crippen LogP contribution in [0, 0.1) is 6.92 Å². The van der Waals surface area contributed by atoms with Gasteiger partial charge >= 0.3 is 5.97 Å². The number of hydrogen-bond acceptors (Lipinski definition) is 3. The zero-order valence-corrected chi connectivity index (χ0v) is 11.0. The van der Waals surface area contributed by atoms with Crippen molar-refractivity contribution in [3.8, 4) is 0 Å². The van der Waals surface area contributed by atoms with Gasteiger partial charge in [0, 0.05) is 0 Å². The highest BCUT2D eigenvalue weighted by molar-refractivity contribution is 7.92. The predicted octanol–water partition coefficient (Wildman–Crippen LogP) is 1.48. The largest absolute Gasteiger partial charge is 0.481 e. The van der Waals surface area contributed by atoms with E-state index >= 15 is 0 Å². The first-order chi connectivity index (χ1) is 8.24. The van der Waals surface area contributed by atoms with Gasteiger partial charge in [-0.1, -0.05) is 12.1 Å². The molecule has 1 fully saturated rings. The predicted molar refractivity (Wildman–Crippen MR) is 68.2 cm³/mol. The number of aryl methyl sites for hydroxylation is 1. The maximum atomic E-state index is 11.2. The van der Waals surface area contributed by atoms with Crippen molar-refractivity contribution in [3.63, 3.8) is 0 Å². The maximum absolute atomic E-state index is 11.2. The first kappa shape index (κ1) is 12.9. The van der Waals surface area contributed by atoms with E-state index in [1.807, 2.05) is 0 Å². The van der Waals surface area contributed by atoms with Gasteiger partial charge in [0.15, 0.2) is 0 Å². The fraction of sp³-hybridized carbons (Fsp3) is 0.417. The molecule has 0 radical (unpaired) electrons. The lowest BCUT2D eigenvalue weighted by molar-refractivity contribution is -0.140. The van der Waals surface area contributed by atoms with Crippen LogP contribution in [0.2, 0.25) is 0 Å². The molecule has 18 heavy (non-hydrogen) atoms. The highest BCUT2D eigenvalue weighted by Crippen LogP contribution is 2.48. The number of carboxylic acid groups (broad SMARTS) is 1. The zero-order valence-electron chi connectivity index (χ0n) is 10.2. The van der Waals surface area contributed by atoms with Crippen LogP contribution in [-0.4, -0.2) is 25.7 Å². The van der Waals surface area contributed by atoms with Gasteiger partial charge in [-0.3, -0.25) is 9.52 Å². The number of sulfonamides is 1. The summed E-state index contributed by atoms with van der Waals surface area (Å²) in [6.45, 7) is 1.76. The molecule has 1 aromatic rings. The van der Waals surface area contributed by atoms with Crippen molar-refractivity contribution in [2.75, 3.05) is 11.0 Å². The minimum absolute atomic E-state index is 0.488. The highest BCUT2D eigenvalue weighted by atomic mass is 32.2. The van der Waals surface area contributed by atoms with Crippen molar-refractivity contribution in [1.29, 1.82) is 0 Å². The van der Waals surface area contributed by atoms with Crippen LogP contribution in [0.15, 0.2) is 18.2 Å². The molecule has 0 spiro atoms. The second-order valence-corrected chi connectivity index (χ2v) is 6.54. The fourth-order valence-electron chi connectivity index (χ4n) is 2.03. The molecule has 0 bridgehead atoms. The van der Waals surface area contributed by atoms with E-state index in [1.54, 1.807) is 25.1 Å². The summed E-state index contributed by atoms with van der Waals surface area (Å²) in [6.07, 6.45) is 2.36. The van der Waals surface area contributed by atoms with E-state index in [9.17, 15) is 18.3 Å². The molecule has 0 amide bonds. The smallest absolute Gasteiger partial charge is 0.314 e. The Morgan fingerprint density at radius 2 is 2.00 bits per heavy atom. The SMILES string of the molecule is Cc1cc(C2(C(=O)O)CC2)ccc1NS(C)(=O)=O. The van der Waals surface area contributed by atoms with E-state index < -0.39 is 21.4 Å². The number of carboxylic acids is 1. The van der Waals surface area contributed by atoms with Crippen molar-refractivity contribution in [2.24, 2.45) is 0 Å². The minimum Gasteiger partial charge on any atom is -0.481 e. The summed E-state index contributed by atoms with van der Waals surface area (Å²) < 4.78 is 24.7. The summed E-state index contributed by atoms with van der Waals surface area (Å²) in [6, 6.07) is 5.05. The molecule has 2 rings (SSSR count). The first-order valence-corrected chi connectivity index (χ1v) is 7.46. The van der Waals surface area contributed by atoms with Gasteiger partial charge in [0.1, 0.15) is 0 Å². The van der Waals surface area contributed by atoms with Gasteiger partial charge < -0.3 is 5.11 Å². The van der Waals surface area contributed by atoms with E-state index in [4.69, 9.17) is 0 Å². The lowest BCUT2D eigenvalue weighted by Crippen LogP contribution is -2.20. The third-order valence-electron chi connectivity index (χ3n) is 3.23. The van der Waals surface area contributed by atoms with Gasteiger partial charge in [-0.2, -0.15) is 0 Å². The summed E-state index contributed by atoms with van der Waals surface area (Å²) in [5.41, 5.74) is 1.20. The Balaban J connectivity index is 2.34. The molecular weight excluding hydrogens is 254 g/mol. The number of anilines is 1. The molecule has 1 saturated carbocycles. The van der Waals surface area contributed by atoms with Crippen molar-refractivity contribution in [2.45, 2.75) is 25.2 Å². The van der Waals surface area contributed by atoms with E-state index in [2.05, 4.69) is 4.72 Å². The summed E-state index contributed by atoms with van der Waals surface area (Å²) in [5.74, 6) is -0.814. The highest BCUT2D eigenvalue weighted by Gasteiger charge is 2.51. The van der Waals surface area contributed by atoms with Gasteiger partial charge in [0.2, 0.25) is 10.0 Å². The van der Waals surface area contributed by atoms with Crippen molar-refractivity contribution >= 4 is 21.7 Å². The van der Waals surface area contributed by atoms with E-state index in [0.717, 1.165) is 17.4 Å². The molecule has 2 N–H and O–H groups in total. The molecule has 0 aromatic heterocycles. The molecule has 1 aliphatic carbocycles. The molecule has 0 unspecified atom stereocenters. The lowest BCUT2D eigenvalue weighted by Gasteiger charge is -2.14. The van der Waals surface area contributed by atoms with Gasteiger partial charge in [0.25, 0.3) is 0 Å². The Bertz CT molecular complexity index is 603. The third-order valence-corrected chi connectivity index (χ3v) is 3.82. The van der Waals surface area contributed by atoms with E-state index in [-0.39, 0.29) is 0 Å². The summed E-state index contributed by atoms with van der Waals surface area (Å²) in [7, 11) is -3.32. The number of rotatable bonds is 4. The number of hydrogen-bond donors (Lipinski definition) is 2. The minimum atomic E-state index is -3.32. The molecule has 5 nitrogen and oxygen atoms in total. The molecule has 0 heterocycles. The van der Waals surface area contributed by atoms with Crippen LogP contribution in [0.4, 0.5) is 5.69 Å². The molecule has 0 atom stereocenters. The lowest BCUT2D eigenvalue weighted by atomic mass is 9.94. The van der Waals surface area contributed by atoms with E-state index in [0.29, 0.717) is 18.5 Å². The van der Waals surface area contributed by atoms with Gasteiger partial charge in [-0.25, -0.2) is 8.42 Å². The normalized spacial score (nSPS) is 17.2. The average molecular weight is 269 g/mol. The summed E-state index contributed by atoms with van der Waals surface area (Å²) >= 11 is 0. The summed E-state index contributed by atoms with van der Waals surface area (Å²) in [4.78, 5) is 11.2. The van der Waals surface area contributed by atoms with Crippen LogP contribution in [0.3, 0.4) is 0 Å². The maximum Gasteiger partial charge on any atom is 0.314 e. The van der Waals surface area contributed by atoms with E-state index in [1.165, 1.54) is 0 Å². The fourth-order valence-corrected chi connectivity index (χ4v) is 2.66. The Morgan fingerprint density at radius 3 is 2.39 bits per heavy atom. The number of carbonyl (C=O) groups is 1. The molecule has 0 aliphatic heterocycles. The summed E-state index contributed by atoms with van der Waals surface area (Å²) in [5, 5.41) is 9.19. The van der Waals surface area contributed by atoms with Crippen LogP contribution in [0.1, 0.15) is 24.0 Å². The van der Waals surface area contributed by atoms with Crippen molar-refractivity contribution < 1.29 is 18.3 Å². The second kappa shape index (κ2) is 3.98. The van der Waals surface area contributed by atoms with Crippen molar-refractivity contribution in [1.82, 2.24) is 0 Å². The standard InChI is InChI=1S/C12H15NO4S/c1-8-7-9(12(5-6-12)11(14)15)3-4-10(8)13-18(2,16)17/h3-4,7,13H,5-6H2,1-2H3,(H,14,15). The molecule has 0 saturated heterocycles. The first-order valence-electron chi connectivity index (χ1n) is 5.57. The Morgan fingerprint density at radius 1 is 1.39 bits per heavy atom. The zero-order chi connectivity index (χ0) is 13.6. The van der Waals surface area contributed by atoms with Gasteiger partial charge in [-0.05, 0) is 37.0 Å². The molecular formula is C12H15NO4S. The topological polar surface area (TPSA) is 83.5 Å².